The minimum atomic E-state index is -0.624. The summed E-state index contributed by atoms with van der Waals surface area (Å²) in [6.45, 7) is 0.321. The molecule has 1 aromatic carbocycles. The highest BCUT2D eigenvalue weighted by Gasteiger charge is 2.39. The third kappa shape index (κ3) is 2.80. The molecule has 0 bridgehead atoms. The van der Waals surface area contributed by atoms with Crippen molar-refractivity contribution >= 4 is 40.3 Å². The summed E-state index contributed by atoms with van der Waals surface area (Å²) < 4.78 is 1.67. The molecule has 4 heterocycles. The van der Waals surface area contributed by atoms with Crippen molar-refractivity contribution in [2.24, 2.45) is 7.05 Å². The van der Waals surface area contributed by atoms with Crippen molar-refractivity contribution in [1.29, 1.82) is 0 Å². The molecule has 10 heteroatoms. The Balaban J connectivity index is 1.41. The minimum absolute atomic E-state index is 0.197. The second-order valence-corrected chi connectivity index (χ2v) is 7.12. The molecule has 2 aliphatic heterocycles. The summed E-state index contributed by atoms with van der Waals surface area (Å²) >= 11 is 0. The monoisotopic (exact) mass is 391 g/mol. The highest BCUT2D eigenvalue weighted by molar-refractivity contribution is 6.05. The van der Waals surface area contributed by atoms with E-state index in [1.165, 1.54) is 11.2 Å². The van der Waals surface area contributed by atoms with E-state index < -0.39 is 11.9 Å². The summed E-state index contributed by atoms with van der Waals surface area (Å²) in [4.78, 5) is 46.4. The van der Waals surface area contributed by atoms with Crippen molar-refractivity contribution in [2.75, 3.05) is 5.32 Å². The average Bonchev–Trinajstić information content (AvgIpc) is 3.23. The first-order valence-corrected chi connectivity index (χ1v) is 9.18. The Morgan fingerprint density at radius 3 is 2.90 bits per heavy atom. The Kier molecular flexibility index (Phi) is 3.79. The molecule has 10 nitrogen and oxygen atoms in total. The number of anilines is 2. The summed E-state index contributed by atoms with van der Waals surface area (Å²) in [7, 11) is 1.81. The Labute approximate surface area is 164 Å². The van der Waals surface area contributed by atoms with Gasteiger partial charge in [0.15, 0.2) is 5.65 Å². The fourth-order valence-corrected chi connectivity index (χ4v) is 3.85. The van der Waals surface area contributed by atoms with Crippen LogP contribution in [0.3, 0.4) is 0 Å². The van der Waals surface area contributed by atoms with Crippen LogP contribution in [0.4, 0.5) is 11.5 Å². The lowest BCUT2D eigenvalue weighted by Crippen LogP contribution is -2.52. The van der Waals surface area contributed by atoms with E-state index in [2.05, 4.69) is 25.7 Å². The van der Waals surface area contributed by atoms with Gasteiger partial charge in [0.1, 0.15) is 18.2 Å². The van der Waals surface area contributed by atoms with Gasteiger partial charge in [-0.3, -0.25) is 24.4 Å². The predicted octanol–water partition coefficient (Wildman–Crippen LogP) is 0.868. The standard InChI is InChI=1S/C19H17N7O3/c1-25-17-13(7-22-25)16(20-9-21-17)23-11-2-3-12-10(6-11)8-26(19(12)29)14-4-5-15(27)24-18(14)28/h2-3,6-7,9,14H,4-5,8H2,1H3,(H,20,21,23)(H,24,27,28). The molecule has 2 aliphatic rings. The van der Waals surface area contributed by atoms with Gasteiger partial charge in [-0.1, -0.05) is 0 Å². The van der Waals surface area contributed by atoms with E-state index in [-0.39, 0.29) is 18.2 Å². The number of fused-ring (bicyclic) bond motifs is 2. The molecule has 29 heavy (non-hydrogen) atoms. The highest BCUT2D eigenvalue weighted by Crippen LogP contribution is 2.31. The Bertz CT molecular complexity index is 1190. The largest absolute Gasteiger partial charge is 0.340 e. The van der Waals surface area contributed by atoms with Gasteiger partial charge in [0, 0.05) is 31.3 Å². The van der Waals surface area contributed by atoms with Gasteiger partial charge in [-0.15, -0.1) is 0 Å². The lowest BCUT2D eigenvalue weighted by atomic mass is 10.0. The van der Waals surface area contributed by atoms with Crippen LogP contribution < -0.4 is 10.6 Å². The maximum atomic E-state index is 12.8. The Morgan fingerprint density at radius 2 is 2.07 bits per heavy atom. The molecular weight excluding hydrogens is 374 g/mol. The number of benzene rings is 1. The first kappa shape index (κ1) is 17.3. The van der Waals surface area contributed by atoms with Crippen LogP contribution in [0.2, 0.25) is 0 Å². The molecule has 1 fully saturated rings. The molecular formula is C19H17N7O3. The van der Waals surface area contributed by atoms with Gasteiger partial charge in [0.05, 0.1) is 11.6 Å². The van der Waals surface area contributed by atoms with Gasteiger partial charge in [-0.05, 0) is 30.2 Å². The molecule has 146 valence electrons. The van der Waals surface area contributed by atoms with Gasteiger partial charge in [0.25, 0.3) is 5.91 Å². The molecule has 1 atom stereocenters. The van der Waals surface area contributed by atoms with Crippen molar-refractivity contribution < 1.29 is 14.4 Å². The molecule has 3 amide bonds. The van der Waals surface area contributed by atoms with Crippen molar-refractivity contribution in [3.63, 3.8) is 0 Å². The first-order valence-electron chi connectivity index (χ1n) is 9.18. The molecule has 0 spiro atoms. The number of hydrogen-bond acceptors (Lipinski definition) is 7. The summed E-state index contributed by atoms with van der Waals surface area (Å²) in [6.07, 6.45) is 3.74. The third-order valence-electron chi connectivity index (χ3n) is 5.32. The van der Waals surface area contributed by atoms with Crippen LogP contribution in [0.25, 0.3) is 11.0 Å². The number of nitrogens with zero attached hydrogens (tertiary/aromatic N) is 5. The number of nitrogens with one attached hydrogen (secondary N) is 2. The zero-order valence-corrected chi connectivity index (χ0v) is 15.5. The number of piperidine rings is 1. The van der Waals surface area contributed by atoms with Crippen LogP contribution in [-0.4, -0.2) is 48.4 Å². The second kappa shape index (κ2) is 6.36. The van der Waals surface area contributed by atoms with E-state index in [4.69, 9.17) is 0 Å². The van der Waals surface area contributed by atoms with E-state index in [1.54, 1.807) is 23.0 Å². The number of carbonyl (C=O) groups is 3. The summed E-state index contributed by atoms with van der Waals surface area (Å²) in [5.74, 6) is -0.290. The van der Waals surface area contributed by atoms with Crippen LogP contribution >= 0.6 is 0 Å². The Hall–Kier alpha value is -3.82. The number of rotatable bonds is 3. The minimum Gasteiger partial charge on any atom is -0.340 e. The molecule has 0 saturated carbocycles. The van der Waals surface area contributed by atoms with Gasteiger partial charge < -0.3 is 10.2 Å². The molecule has 1 saturated heterocycles. The van der Waals surface area contributed by atoms with Gasteiger partial charge in [-0.2, -0.15) is 5.10 Å². The summed E-state index contributed by atoms with van der Waals surface area (Å²) in [5, 5.41) is 10.6. The highest BCUT2D eigenvalue weighted by atomic mass is 16.2. The number of aromatic nitrogens is 4. The topological polar surface area (TPSA) is 122 Å². The van der Waals surface area contributed by atoms with E-state index >= 15 is 0 Å². The fraction of sp³-hybridized carbons (Fsp3) is 0.263. The number of imide groups is 1. The van der Waals surface area contributed by atoms with Crippen molar-refractivity contribution in [3.8, 4) is 0 Å². The summed E-state index contributed by atoms with van der Waals surface area (Å²) in [5.41, 5.74) is 2.86. The molecule has 0 radical (unpaired) electrons. The van der Waals surface area contributed by atoms with Crippen LogP contribution in [-0.2, 0) is 23.2 Å². The number of carbonyl (C=O) groups excluding carboxylic acids is 3. The van der Waals surface area contributed by atoms with Crippen LogP contribution in [0, 0.1) is 0 Å². The maximum absolute atomic E-state index is 12.8. The molecule has 5 rings (SSSR count). The van der Waals surface area contributed by atoms with Crippen molar-refractivity contribution in [2.45, 2.75) is 25.4 Å². The third-order valence-corrected chi connectivity index (χ3v) is 5.32. The quantitative estimate of drug-likeness (QED) is 0.635. The molecule has 2 N–H and O–H groups in total. The molecule has 2 aromatic heterocycles. The number of hydrogen-bond donors (Lipinski definition) is 2. The number of aryl methyl sites for hydroxylation is 1. The van der Waals surface area contributed by atoms with Gasteiger partial charge in [-0.25, -0.2) is 9.97 Å². The zero-order valence-electron chi connectivity index (χ0n) is 15.5. The fourth-order valence-electron chi connectivity index (χ4n) is 3.85. The maximum Gasteiger partial charge on any atom is 0.255 e. The predicted molar refractivity (Wildman–Crippen MR) is 102 cm³/mol. The van der Waals surface area contributed by atoms with Crippen LogP contribution in [0.1, 0.15) is 28.8 Å². The molecule has 0 aliphatic carbocycles. The summed E-state index contributed by atoms with van der Waals surface area (Å²) in [6, 6.07) is 4.80. The van der Waals surface area contributed by atoms with Crippen molar-refractivity contribution in [1.82, 2.24) is 30.0 Å². The van der Waals surface area contributed by atoms with Crippen LogP contribution in [0.15, 0.2) is 30.7 Å². The lowest BCUT2D eigenvalue weighted by molar-refractivity contribution is -0.136. The Morgan fingerprint density at radius 1 is 1.21 bits per heavy atom. The van der Waals surface area contributed by atoms with E-state index in [9.17, 15) is 14.4 Å². The lowest BCUT2D eigenvalue weighted by Gasteiger charge is -2.29. The SMILES string of the molecule is Cn1ncc2c(Nc3ccc4c(c3)CN(C3CCC(=O)NC3=O)C4=O)ncnc21. The van der Waals surface area contributed by atoms with E-state index in [0.717, 1.165) is 16.6 Å². The average molecular weight is 391 g/mol. The van der Waals surface area contributed by atoms with E-state index in [0.29, 0.717) is 30.0 Å². The number of amides is 3. The smallest absolute Gasteiger partial charge is 0.255 e. The molecule has 3 aromatic rings. The van der Waals surface area contributed by atoms with Gasteiger partial charge in [0.2, 0.25) is 11.8 Å². The first-order chi connectivity index (χ1) is 14.0. The van der Waals surface area contributed by atoms with Crippen molar-refractivity contribution in [3.05, 3.63) is 41.9 Å². The van der Waals surface area contributed by atoms with Crippen LogP contribution in [0.5, 0.6) is 0 Å². The zero-order chi connectivity index (χ0) is 20.1. The van der Waals surface area contributed by atoms with Gasteiger partial charge >= 0.3 is 0 Å². The molecule has 1 unspecified atom stereocenters. The second-order valence-electron chi connectivity index (χ2n) is 7.12. The van der Waals surface area contributed by atoms with E-state index in [1.807, 2.05) is 13.1 Å². The normalized spacial score (nSPS) is 18.9.